The van der Waals surface area contributed by atoms with Crippen LogP contribution in [0.1, 0.15) is 19.1 Å². The monoisotopic (exact) mass is 300 g/mol. The van der Waals surface area contributed by atoms with Gasteiger partial charge in [0.1, 0.15) is 5.76 Å². The van der Waals surface area contributed by atoms with Crippen LogP contribution in [0.5, 0.6) is 0 Å². The van der Waals surface area contributed by atoms with Gasteiger partial charge >= 0.3 is 0 Å². The summed E-state index contributed by atoms with van der Waals surface area (Å²) >= 11 is 3.26. The number of furan rings is 1. The van der Waals surface area contributed by atoms with E-state index in [1.165, 1.54) is 0 Å². The van der Waals surface area contributed by atoms with Crippen LogP contribution in [0, 0.1) is 5.41 Å². The second-order valence-corrected chi connectivity index (χ2v) is 5.64. The van der Waals surface area contributed by atoms with Crippen molar-refractivity contribution < 1.29 is 9.21 Å². The normalized spacial score (nSPS) is 23.9. The standard InChI is InChI=1S/C12H17BrN2O2/c1-12(5-6-14-8-12)11(16)15(2)7-9-3-4-10(13)17-9/h3-4,14H,5-8H2,1-2H3. The van der Waals surface area contributed by atoms with Crippen molar-refractivity contribution in [3.05, 3.63) is 22.6 Å². The molecule has 1 fully saturated rings. The highest BCUT2D eigenvalue weighted by molar-refractivity contribution is 9.10. The number of nitrogens with zero attached hydrogens (tertiary/aromatic N) is 1. The first-order chi connectivity index (χ1) is 8.01. The molecule has 1 unspecified atom stereocenters. The molecule has 5 heteroatoms. The van der Waals surface area contributed by atoms with Crippen molar-refractivity contribution in [3.63, 3.8) is 0 Å². The van der Waals surface area contributed by atoms with Crippen molar-refractivity contribution in [2.45, 2.75) is 19.9 Å². The molecule has 1 atom stereocenters. The third-order valence-electron chi connectivity index (χ3n) is 3.25. The van der Waals surface area contributed by atoms with Crippen LogP contribution in [0.4, 0.5) is 0 Å². The second kappa shape index (κ2) is 4.82. The minimum Gasteiger partial charge on any atom is -0.452 e. The minimum absolute atomic E-state index is 0.176. The minimum atomic E-state index is -0.265. The quantitative estimate of drug-likeness (QED) is 0.929. The van der Waals surface area contributed by atoms with E-state index in [1.54, 1.807) is 4.90 Å². The van der Waals surface area contributed by atoms with Gasteiger partial charge in [0, 0.05) is 13.6 Å². The van der Waals surface area contributed by atoms with Gasteiger partial charge in [0.15, 0.2) is 4.67 Å². The topological polar surface area (TPSA) is 45.5 Å². The predicted octanol–water partition coefficient (Wildman–Crippen LogP) is 2.00. The maximum atomic E-state index is 12.3. The lowest BCUT2D eigenvalue weighted by atomic mass is 9.88. The van der Waals surface area contributed by atoms with Crippen molar-refractivity contribution in [1.29, 1.82) is 0 Å². The zero-order chi connectivity index (χ0) is 12.5. The van der Waals surface area contributed by atoms with E-state index in [4.69, 9.17) is 4.42 Å². The van der Waals surface area contributed by atoms with Gasteiger partial charge in [0.05, 0.1) is 12.0 Å². The Balaban J connectivity index is 2.00. The first-order valence-corrected chi connectivity index (χ1v) is 6.51. The fourth-order valence-corrected chi connectivity index (χ4v) is 2.54. The van der Waals surface area contributed by atoms with Crippen LogP contribution in [0.15, 0.2) is 21.2 Å². The molecule has 4 nitrogen and oxygen atoms in total. The molecule has 0 saturated carbocycles. The van der Waals surface area contributed by atoms with Gasteiger partial charge in [0.25, 0.3) is 0 Å². The fraction of sp³-hybridized carbons (Fsp3) is 0.583. The molecule has 1 aromatic heterocycles. The number of nitrogens with one attached hydrogen (secondary N) is 1. The van der Waals surface area contributed by atoms with Gasteiger partial charge in [-0.2, -0.15) is 0 Å². The molecule has 1 amide bonds. The molecule has 0 bridgehead atoms. The molecule has 2 heterocycles. The second-order valence-electron chi connectivity index (χ2n) is 4.85. The Morgan fingerprint density at radius 2 is 2.41 bits per heavy atom. The van der Waals surface area contributed by atoms with Gasteiger partial charge in [-0.3, -0.25) is 4.79 Å². The van der Waals surface area contributed by atoms with Crippen LogP contribution in [-0.4, -0.2) is 30.9 Å². The summed E-state index contributed by atoms with van der Waals surface area (Å²) in [6, 6.07) is 3.72. The van der Waals surface area contributed by atoms with Crippen molar-refractivity contribution in [2.75, 3.05) is 20.1 Å². The summed E-state index contributed by atoms with van der Waals surface area (Å²) in [6.07, 6.45) is 0.901. The summed E-state index contributed by atoms with van der Waals surface area (Å²) in [5, 5.41) is 3.24. The van der Waals surface area contributed by atoms with Crippen molar-refractivity contribution in [1.82, 2.24) is 10.2 Å². The van der Waals surface area contributed by atoms with Crippen molar-refractivity contribution in [2.24, 2.45) is 5.41 Å². The van der Waals surface area contributed by atoms with Gasteiger partial charge in [-0.15, -0.1) is 0 Å². The molecule has 17 heavy (non-hydrogen) atoms. The number of carbonyl (C=O) groups is 1. The van der Waals surface area contributed by atoms with E-state index >= 15 is 0 Å². The van der Waals surface area contributed by atoms with Crippen LogP contribution in [0.2, 0.25) is 0 Å². The van der Waals surface area contributed by atoms with Crippen LogP contribution in [0.3, 0.4) is 0 Å². The lowest BCUT2D eigenvalue weighted by Crippen LogP contribution is -2.41. The van der Waals surface area contributed by atoms with Gasteiger partial charge in [-0.1, -0.05) is 0 Å². The van der Waals surface area contributed by atoms with E-state index < -0.39 is 0 Å². The Morgan fingerprint density at radius 3 is 2.94 bits per heavy atom. The van der Waals surface area contributed by atoms with E-state index in [9.17, 15) is 4.79 Å². The third kappa shape index (κ3) is 2.72. The van der Waals surface area contributed by atoms with Crippen LogP contribution in [-0.2, 0) is 11.3 Å². The average Bonchev–Trinajstić information content (AvgIpc) is 2.88. The van der Waals surface area contributed by atoms with Crippen LogP contribution >= 0.6 is 15.9 Å². The van der Waals surface area contributed by atoms with E-state index in [0.29, 0.717) is 11.2 Å². The maximum Gasteiger partial charge on any atom is 0.229 e. The van der Waals surface area contributed by atoms with E-state index in [1.807, 2.05) is 26.1 Å². The highest BCUT2D eigenvalue weighted by Gasteiger charge is 2.38. The summed E-state index contributed by atoms with van der Waals surface area (Å²) in [5.74, 6) is 0.970. The number of halogens is 1. The predicted molar refractivity (Wildman–Crippen MR) is 68.5 cm³/mol. The van der Waals surface area contributed by atoms with E-state index in [-0.39, 0.29) is 11.3 Å². The van der Waals surface area contributed by atoms with Crippen LogP contribution < -0.4 is 5.32 Å². The molecule has 1 N–H and O–H groups in total. The van der Waals surface area contributed by atoms with Gasteiger partial charge in [-0.05, 0) is 48.0 Å². The average molecular weight is 301 g/mol. The van der Waals surface area contributed by atoms with E-state index in [0.717, 1.165) is 25.3 Å². The third-order valence-corrected chi connectivity index (χ3v) is 3.68. The molecule has 1 aromatic rings. The van der Waals surface area contributed by atoms with Gasteiger partial charge in [-0.25, -0.2) is 0 Å². The number of hydrogen-bond acceptors (Lipinski definition) is 3. The molecule has 1 aliphatic heterocycles. The number of amides is 1. The molecule has 1 saturated heterocycles. The Bertz CT molecular complexity index is 410. The lowest BCUT2D eigenvalue weighted by Gasteiger charge is -2.27. The number of hydrogen-bond donors (Lipinski definition) is 1. The van der Waals surface area contributed by atoms with E-state index in [2.05, 4.69) is 21.2 Å². The number of carbonyl (C=O) groups excluding carboxylic acids is 1. The Kier molecular flexibility index (Phi) is 3.58. The largest absolute Gasteiger partial charge is 0.452 e. The Hall–Kier alpha value is -0.810. The molecule has 0 aliphatic carbocycles. The summed E-state index contributed by atoms with van der Waals surface area (Å²) in [6.45, 7) is 4.21. The molecular weight excluding hydrogens is 284 g/mol. The molecule has 0 radical (unpaired) electrons. The van der Waals surface area contributed by atoms with Gasteiger partial charge < -0.3 is 14.6 Å². The Morgan fingerprint density at radius 1 is 1.65 bits per heavy atom. The fourth-order valence-electron chi connectivity index (χ4n) is 2.20. The summed E-state index contributed by atoms with van der Waals surface area (Å²) in [4.78, 5) is 14.0. The zero-order valence-corrected chi connectivity index (χ0v) is 11.7. The molecular formula is C12H17BrN2O2. The summed E-state index contributed by atoms with van der Waals surface area (Å²) in [5.41, 5.74) is -0.265. The zero-order valence-electron chi connectivity index (χ0n) is 10.1. The summed E-state index contributed by atoms with van der Waals surface area (Å²) in [7, 11) is 1.82. The SMILES string of the molecule is CN(Cc1ccc(Br)o1)C(=O)C1(C)CCNC1. The Labute approximate surface area is 109 Å². The maximum absolute atomic E-state index is 12.3. The van der Waals surface area contributed by atoms with Gasteiger partial charge in [0.2, 0.25) is 5.91 Å². The molecule has 1 aliphatic rings. The summed E-state index contributed by atoms with van der Waals surface area (Å²) < 4.78 is 6.10. The first kappa shape index (κ1) is 12.6. The van der Waals surface area contributed by atoms with Crippen LogP contribution in [0.25, 0.3) is 0 Å². The smallest absolute Gasteiger partial charge is 0.229 e. The van der Waals surface area contributed by atoms with Crippen molar-refractivity contribution >= 4 is 21.8 Å². The highest BCUT2D eigenvalue weighted by Crippen LogP contribution is 2.27. The number of rotatable bonds is 3. The molecule has 0 aromatic carbocycles. The molecule has 94 valence electrons. The van der Waals surface area contributed by atoms with Crippen molar-refractivity contribution in [3.8, 4) is 0 Å². The molecule has 0 spiro atoms. The highest BCUT2D eigenvalue weighted by atomic mass is 79.9. The lowest BCUT2D eigenvalue weighted by molar-refractivity contribution is -0.139. The molecule has 2 rings (SSSR count). The first-order valence-electron chi connectivity index (χ1n) is 5.72.